The van der Waals surface area contributed by atoms with Crippen molar-refractivity contribution in [2.45, 2.75) is 33.2 Å². The summed E-state index contributed by atoms with van der Waals surface area (Å²) in [5.74, 6) is -0.00761. The van der Waals surface area contributed by atoms with Crippen molar-refractivity contribution in [3.63, 3.8) is 0 Å². The number of hydrogen-bond donors (Lipinski definition) is 2. The number of amides is 2. The van der Waals surface area contributed by atoms with E-state index in [-0.39, 0.29) is 17.7 Å². The number of carbonyl (C=O) groups is 2. The molecule has 1 saturated carbocycles. The third-order valence-electron chi connectivity index (χ3n) is 5.24. The molecule has 1 fully saturated rings. The van der Waals surface area contributed by atoms with Gasteiger partial charge in [0, 0.05) is 28.0 Å². The van der Waals surface area contributed by atoms with E-state index in [0.717, 1.165) is 29.8 Å². The Labute approximate surface area is 180 Å². The minimum atomic E-state index is -0.217. The largest absolute Gasteiger partial charge is 0.326 e. The van der Waals surface area contributed by atoms with Crippen molar-refractivity contribution < 1.29 is 9.59 Å². The second-order valence-corrected chi connectivity index (χ2v) is 8.00. The fourth-order valence-electron chi connectivity index (χ4n) is 3.39. The van der Waals surface area contributed by atoms with E-state index in [4.69, 9.17) is 11.6 Å². The van der Waals surface area contributed by atoms with Crippen LogP contribution in [0.4, 0.5) is 11.4 Å². The zero-order valence-electron chi connectivity index (χ0n) is 16.9. The summed E-state index contributed by atoms with van der Waals surface area (Å²) in [6.07, 6.45) is 1.92. The second kappa shape index (κ2) is 8.32. The molecule has 3 aromatic rings. The van der Waals surface area contributed by atoms with Gasteiger partial charge >= 0.3 is 0 Å². The normalized spacial score (nSPS) is 13.2. The molecule has 0 bridgehead atoms. The van der Waals surface area contributed by atoms with Crippen LogP contribution in [0.5, 0.6) is 0 Å². The van der Waals surface area contributed by atoms with Crippen LogP contribution >= 0.6 is 11.6 Å². The smallest absolute Gasteiger partial charge is 0.259 e. The van der Waals surface area contributed by atoms with E-state index in [9.17, 15) is 9.59 Å². The van der Waals surface area contributed by atoms with E-state index in [0.29, 0.717) is 28.5 Å². The number of nitrogens with zero attached hydrogens (tertiary/aromatic N) is 2. The predicted molar refractivity (Wildman–Crippen MR) is 118 cm³/mol. The van der Waals surface area contributed by atoms with Gasteiger partial charge in [0.05, 0.1) is 17.8 Å². The molecule has 2 amide bonds. The number of carbonyl (C=O) groups excluding carboxylic acids is 2. The molecule has 1 aliphatic carbocycles. The highest BCUT2D eigenvalue weighted by atomic mass is 35.5. The first-order chi connectivity index (χ1) is 14.4. The van der Waals surface area contributed by atoms with E-state index in [2.05, 4.69) is 15.7 Å². The van der Waals surface area contributed by atoms with Gasteiger partial charge in [-0.05, 0) is 62.6 Å². The summed E-state index contributed by atoms with van der Waals surface area (Å²) >= 11 is 6.26. The van der Waals surface area contributed by atoms with Crippen LogP contribution in [0.1, 0.15) is 40.2 Å². The van der Waals surface area contributed by atoms with Gasteiger partial charge in [0.25, 0.3) is 5.91 Å². The number of hydrogen-bond acceptors (Lipinski definition) is 3. The Morgan fingerprint density at radius 1 is 1.03 bits per heavy atom. The number of aryl methyl sites for hydroxylation is 1. The molecular weight excluding hydrogens is 400 g/mol. The average molecular weight is 423 g/mol. The molecule has 1 aromatic heterocycles. The van der Waals surface area contributed by atoms with Crippen LogP contribution in [0.3, 0.4) is 0 Å². The van der Waals surface area contributed by atoms with Crippen LogP contribution < -0.4 is 10.6 Å². The van der Waals surface area contributed by atoms with Crippen LogP contribution in [0.25, 0.3) is 0 Å². The van der Waals surface area contributed by atoms with Crippen LogP contribution in [-0.4, -0.2) is 21.6 Å². The summed E-state index contributed by atoms with van der Waals surface area (Å²) in [4.78, 5) is 24.7. The standard InChI is InChI=1S/C23H23ClN4O2/c1-14-21(15(2)28(27-14)13-17-5-3-4-6-20(17)24)23(30)26-19-11-9-18(10-12-19)25-22(29)16-7-8-16/h3-6,9-12,16H,7-8,13H2,1-2H3,(H,25,29)(H,26,30). The van der Waals surface area contributed by atoms with Gasteiger partial charge in [-0.3, -0.25) is 14.3 Å². The van der Waals surface area contributed by atoms with Crippen LogP contribution in [0.15, 0.2) is 48.5 Å². The maximum atomic E-state index is 12.9. The predicted octanol–water partition coefficient (Wildman–Crippen LogP) is 4.80. The van der Waals surface area contributed by atoms with Crippen LogP contribution in [0.2, 0.25) is 5.02 Å². The van der Waals surface area contributed by atoms with Gasteiger partial charge in [0.2, 0.25) is 5.91 Å². The molecule has 0 spiro atoms. The van der Waals surface area contributed by atoms with Gasteiger partial charge in [-0.25, -0.2) is 0 Å². The minimum Gasteiger partial charge on any atom is -0.326 e. The lowest BCUT2D eigenvalue weighted by molar-refractivity contribution is -0.117. The Morgan fingerprint density at radius 3 is 2.30 bits per heavy atom. The molecule has 0 atom stereocenters. The summed E-state index contributed by atoms with van der Waals surface area (Å²) in [5.41, 5.74) is 4.31. The van der Waals surface area contributed by atoms with Crippen LogP contribution in [0, 0.1) is 19.8 Å². The highest BCUT2D eigenvalue weighted by Crippen LogP contribution is 2.30. The lowest BCUT2D eigenvalue weighted by Gasteiger charge is -2.09. The van der Waals surface area contributed by atoms with E-state index in [1.165, 1.54) is 0 Å². The first kappa shape index (κ1) is 20.2. The molecular formula is C23H23ClN4O2. The average Bonchev–Trinajstić information content (AvgIpc) is 3.52. The van der Waals surface area contributed by atoms with Crippen molar-refractivity contribution in [2.75, 3.05) is 10.6 Å². The molecule has 30 heavy (non-hydrogen) atoms. The van der Waals surface area contributed by atoms with Gasteiger partial charge in [-0.15, -0.1) is 0 Å². The summed E-state index contributed by atoms with van der Waals surface area (Å²) in [6, 6.07) is 14.7. The summed E-state index contributed by atoms with van der Waals surface area (Å²) in [5, 5.41) is 11.0. The number of benzene rings is 2. The Balaban J connectivity index is 1.46. The molecule has 1 heterocycles. The van der Waals surface area contributed by atoms with Gasteiger partial charge in [-0.1, -0.05) is 29.8 Å². The third-order valence-corrected chi connectivity index (χ3v) is 5.61. The SMILES string of the molecule is Cc1nn(Cc2ccccc2Cl)c(C)c1C(=O)Nc1ccc(NC(=O)C2CC2)cc1. The fraction of sp³-hybridized carbons (Fsp3) is 0.261. The van der Waals surface area contributed by atoms with E-state index in [1.54, 1.807) is 28.9 Å². The fourth-order valence-corrected chi connectivity index (χ4v) is 3.58. The number of aromatic nitrogens is 2. The van der Waals surface area contributed by atoms with Crippen molar-refractivity contribution >= 4 is 34.8 Å². The Bertz CT molecular complexity index is 1100. The molecule has 1 aliphatic rings. The summed E-state index contributed by atoms with van der Waals surface area (Å²) < 4.78 is 1.79. The topological polar surface area (TPSA) is 76.0 Å². The molecule has 7 heteroatoms. The van der Waals surface area contributed by atoms with E-state index in [1.807, 2.05) is 38.1 Å². The van der Waals surface area contributed by atoms with Gasteiger partial charge in [-0.2, -0.15) is 5.10 Å². The number of anilines is 2. The highest BCUT2D eigenvalue weighted by molar-refractivity contribution is 6.31. The molecule has 6 nitrogen and oxygen atoms in total. The van der Waals surface area contributed by atoms with Crippen molar-refractivity contribution in [1.29, 1.82) is 0 Å². The van der Waals surface area contributed by atoms with Gasteiger partial charge < -0.3 is 10.6 Å². The molecule has 4 rings (SSSR count). The van der Waals surface area contributed by atoms with Crippen molar-refractivity contribution in [1.82, 2.24) is 9.78 Å². The van der Waals surface area contributed by atoms with Crippen molar-refractivity contribution in [3.8, 4) is 0 Å². The Kier molecular flexibility index (Phi) is 5.59. The second-order valence-electron chi connectivity index (χ2n) is 7.59. The first-order valence-corrected chi connectivity index (χ1v) is 10.3. The quantitative estimate of drug-likeness (QED) is 0.598. The number of nitrogens with one attached hydrogen (secondary N) is 2. The summed E-state index contributed by atoms with van der Waals surface area (Å²) in [6.45, 7) is 4.19. The zero-order chi connectivity index (χ0) is 21.3. The molecule has 0 saturated heterocycles. The molecule has 0 unspecified atom stereocenters. The lowest BCUT2D eigenvalue weighted by atomic mass is 10.1. The lowest BCUT2D eigenvalue weighted by Crippen LogP contribution is -2.15. The van der Waals surface area contributed by atoms with E-state index >= 15 is 0 Å². The van der Waals surface area contributed by atoms with Crippen molar-refractivity contribution in [2.24, 2.45) is 5.92 Å². The number of rotatable bonds is 6. The molecule has 0 radical (unpaired) electrons. The highest BCUT2D eigenvalue weighted by Gasteiger charge is 2.29. The molecule has 0 aliphatic heterocycles. The van der Waals surface area contributed by atoms with Crippen molar-refractivity contribution in [3.05, 3.63) is 76.1 Å². The molecule has 154 valence electrons. The van der Waals surface area contributed by atoms with E-state index < -0.39 is 0 Å². The molecule has 2 N–H and O–H groups in total. The van der Waals surface area contributed by atoms with Crippen LogP contribution in [-0.2, 0) is 11.3 Å². The number of halogens is 1. The van der Waals surface area contributed by atoms with Gasteiger partial charge in [0.15, 0.2) is 0 Å². The monoisotopic (exact) mass is 422 g/mol. The minimum absolute atomic E-state index is 0.0592. The van der Waals surface area contributed by atoms with Gasteiger partial charge in [0.1, 0.15) is 0 Å². The maximum absolute atomic E-state index is 12.9. The maximum Gasteiger partial charge on any atom is 0.259 e. The third kappa shape index (κ3) is 4.39. The zero-order valence-corrected chi connectivity index (χ0v) is 17.7. The Hall–Kier alpha value is -3.12. The first-order valence-electron chi connectivity index (χ1n) is 9.92. The summed E-state index contributed by atoms with van der Waals surface area (Å²) in [7, 11) is 0. The Morgan fingerprint density at radius 2 is 1.67 bits per heavy atom. The molecule has 2 aromatic carbocycles.